The molecule has 2 aliphatic rings. The molecule has 2 fully saturated rings. The molecule has 0 radical (unpaired) electrons. The molecular formula is C30H29N3O4. The SMILES string of the molecule is CC1(c2ccccc2)N(Cc2ccccc2C#N)C(=O)OC12CCN(C(=O)Cc1ccc(O)cc1)CC2. The lowest BCUT2D eigenvalue weighted by molar-refractivity contribution is -0.136. The van der Waals surface area contributed by atoms with E-state index in [-0.39, 0.29) is 24.6 Å². The first kappa shape index (κ1) is 24.4. The Labute approximate surface area is 216 Å². The molecular weight excluding hydrogens is 466 g/mol. The minimum Gasteiger partial charge on any atom is -0.508 e. The van der Waals surface area contributed by atoms with Crippen LogP contribution in [-0.2, 0) is 28.0 Å². The lowest BCUT2D eigenvalue weighted by Crippen LogP contribution is -2.59. The number of nitrogens with zero attached hydrogens (tertiary/aromatic N) is 3. The summed E-state index contributed by atoms with van der Waals surface area (Å²) in [5, 5.41) is 19.1. The summed E-state index contributed by atoms with van der Waals surface area (Å²) in [4.78, 5) is 30.1. The highest BCUT2D eigenvalue weighted by molar-refractivity contribution is 5.79. The highest BCUT2D eigenvalue weighted by Gasteiger charge is 2.63. The maximum Gasteiger partial charge on any atom is 0.411 e. The number of carbonyl (C=O) groups is 2. The second-order valence-corrected chi connectivity index (χ2v) is 9.88. The van der Waals surface area contributed by atoms with Gasteiger partial charge in [-0.05, 0) is 41.8 Å². The Morgan fingerprint density at radius 2 is 1.65 bits per heavy atom. The van der Waals surface area contributed by atoms with Gasteiger partial charge in [-0.15, -0.1) is 0 Å². The van der Waals surface area contributed by atoms with Crippen LogP contribution in [0.1, 0.15) is 42.0 Å². The minimum absolute atomic E-state index is 0.00563. The summed E-state index contributed by atoms with van der Waals surface area (Å²) in [6, 6.07) is 26.1. The van der Waals surface area contributed by atoms with Gasteiger partial charge in [0.2, 0.25) is 5.91 Å². The summed E-state index contributed by atoms with van der Waals surface area (Å²) in [5.74, 6) is 0.174. The smallest absolute Gasteiger partial charge is 0.411 e. The lowest BCUT2D eigenvalue weighted by atomic mass is 9.70. The average molecular weight is 496 g/mol. The van der Waals surface area contributed by atoms with Crippen LogP contribution in [0.3, 0.4) is 0 Å². The maximum atomic E-state index is 13.4. The van der Waals surface area contributed by atoms with Crippen LogP contribution in [0.4, 0.5) is 4.79 Å². The van der Waals surface area contributed by atoms with Crippen LogP contribution in [0.15, 0.2) is 78.9 Å². The molecule has 7 heteroatoms. The fourth-order valence-corrected chi connectivity index (χ4v) is 5.70. The van der Waals surface area contributed by atoms with Crippen molar-refractivity contribution in [1.29, 1.82) is 5.26 Å². The quantitative estimate of drug-likeness (QED) is 0.552. The van der Waals surface area contributed by atoms with Crippen molar-refractivity contribution in [2.24, 2.45) is 0 Å². The number of aromatic hydroxyl groups is 1. The molecule has 2 amide bonds. The number of rotatable bonds is 5. The summed E-state index contributed by atoms with van der Waals surface area (Å²) >= 11 is 0. The van der Waals surface area contributed by atoms with Gasteiger partial charge < -0.3 is 14.7 Å². The molecule has 1 N–H and O–H groups in total. The van der Waals surface area contributed by atoms with E-state index in [9.17, 15) is 20.0 Å². The predicted molar refractivity (Wildman–Crippen MR) is 137 cm³/mol. The Bertz CT molecular complexity index is 1340. The van der Waals surface area contributed by atoms with Crippen LogP contribution >= 0.6 is 0 Å². The number of carbonyl (C=O) groups excluding carboxylic acids is 2. The molecule has 0 bridgehead atoms. The molecule has 2 saturated heterocycles. The van der Waals surface area contributed by atoms with Gasteiger partial charge in [0.1, 0.15) is 16.9 Å². The summed E-state index contributed by atoms with van der Waals surface area (Å²) in [7, 11) is 0. The molecule has 0 aliphatic carbocycles. The van der Waals surface area contributed by atoms with Gasteiger partial charge in [0.15, 0.2) is 0 Å². The van der Waals surface area contributed by atoms with E-state index in [1.165, 1.54) is 0 Å². The van der Waals surface area contributed by atoms with E-state index in [1.807, 2.05) is 60.4 Å². The molecule has 188 valence electrons. The number of phenols is 1. The fourth-order valence-electron chi connectivity index (χ4n) is 5.70. The topological polar surface area (TPSA) is 93.9 Å². The molecule has 0 saturated carbocycles. The van der Waals surface area contributed by atoms with Crippen molar-refractivity contribution >= 4 is 12.0 Å². The van der Waals surface area contributed by atoms with Crippen LogP contribution in [0, 0.1) is 11.3 Å². The number of amides is 2. The van der Waals surface area contributed by atoms with Crippen LogP contribution in [0.2, 0.25) is 0 Å². The normalized spacial score (nSPS) is 20.5. The number of phenolic OH excluding ortho intramolecular Hbond substituents is 1. The number of hydrogen-bond donors (Lipinski definition) is 1. The first-order valence-electron chi connectivity index (χ1n) is 12.5. The zero-order valence-corrected chi connectivity index (χ0v) is 20.8. The zero-order valence-electron chi connectivity index (χ0n) is 20.8. The van der Waals surface area contributed by atoms with E-state index in [0.717, 1.165) is 16.7 Å². The second-order valence-electron chi connectivity index (χ2n) is 9.88. The van der Waals surface area contributed by atoms with E-state index in [0.29, 0.717) is 31.5 Å². The Hall–Kier alpha value is -4.31. The van der Waals surface area contributed by atoms with Crippen molar-refractivity contribution in [3.05, 3.63) is 101 Å². The predicted octanol–water partition coefficient (Wildman–Crippen LogP) is 4.74. The Morgan fingerprint density at radius 1 is 1.00 bits per heavy atom. The highest BCUT2D eigenvalue weighted by Crippen LogP contribution is 2.52. The molecule has 37 heavy (non-hydrogen) atoms. The van der Waals surface area contributed by atoms with E-state index in [4.69, 9.17) is 4.74 Å². The molecule has 2 aliphatic heterocycles. The van der Waals surface area contributed by atoms with Gasteiger partial charge in [0.05, 0.1) is 24.6 Å². The molecule has 2 heterocycles. The van der Waals surface area contributed by atoms with Gasteiger partial charge in [-0.25, -0.2) is 4.79 Å². The third kappa shape index (κ3) is 4.29. The van der Waals surface area contributed by atoms with E-state index < -0.39 is 17.2 Å². The monoisotopic (exact) mass is 495 g/mol. The van der Waals surface area contributed by atoms with E-state index in [2.05, 4.69) is 6.07 Å². The largest absolute Gasteiger partial charge is 0.508 e. The second kappa shape index (κ2) is 9.62. The summed E-state index contributed by atoms with van der Waals surface area (Å²) in [6.45, 7) is 3.22. The summed E-state index contributed by atoms with van der Waals surface area (Å²) < 4.78 is 6.22. The Morgan fingerprint density at radius 3 is 2.32 bits per heavy atom. The van der Waals surface area contributed by atoms with Crippen molar-refractivity contribution in [3.63, 3.8) is 0 Å². The van der Waals surface area contributed by atoms with Crippen LogP contribution in [0.25, 0.3) is 0 Å². The summed E-state index contributed by atoms with van der Waals surface area (Å²) in [5.41, 5.74) is 1.48. The molecule has 1 unspecified atom stereocenters. The number of piperidine rings is 1. The Kier molecular flexibility index (Phi) is 6.34. The molecule has 1 spiro atoms. The van der Waals surface area contributed by atoms with E-state index in [1.54, 1.807) is 35.2 Å². The minimum atomic E-state index is -0.817. The van der Waals surface area contributed by atoms with Crippen molar-refractivity contribution in [3.8, 4) is 11.8 Å². The lowest BCUT2D eigenvalue weighted by Gasteiger charge is -2.48. The molecule has 1 atom stereocenters. The van der Waals surface area contributed by atoms with Crippen LogP contribution in [0.5, 0.6) is 5.75 Å². The van der Waals surface area contributed by atoms with Crippen molar-refractivity contribution < 1.29 is 19.4 Å². The standard InChI is InChI=1S/C30H29N3O4/c1-29(25-9-3-2-4-10-25)30(37-28(36)33(29)21-24-8-6-5-7-23(24)20-31)15-17-32(18-16-30)27(35)19-22-11-13-26(34)14-12-22/h2-14,34H,15-19,21H2,1H3. The molecule has 7 nitrogen and oxygen atoms in total. The number of likely N-dealkylation sites (tertiary alicyclic amines) is 1. The van der Waals surface area contributed by atoms with Gasteiger partial charge in [0, 0.05) is 25.9 Å². The van der Waals surface area contributed by atoms with Gasteiger partial charge in [0.25, 0.3) is 0 Å². The number of nitriles is 1. The first-order valence-corrected chi connectivity index (χ1v) is 12.5. The molecule has 5 rings (SSSR count). The third-order valence-corrected chi connectivity index (χ3v) is 7.95. The van der Waals surface area contributed by atoms with Crippen molar-refractivity contribution in [2.45, 2.75) is 43.9 Å². The van der Waals surface area contributed by atoms with Crippen molar-refractivity contribution in [2.75, 3.05) is 13.1 Å². The molecule has 0 aromatic heterocycles. The van der Waals surface area contributed by atoms with E-state index >= 15 is 0 Å². The number of ether oxygens (including phenoxy) is 1. The zero-order chi connectivity index (χ0) is 26.0. The van der Waals surface area contributed by atoms with Crippen LogP contribution < -0.4 is 0 Å². The molecule has 3 aromatic carbocycles. The molecule has 3 aromatic rings. The fraction of sp³-hybridized carbons (Fsp3) is 0.300. The summed E-state index contributed by atoms with van der Waals surface area (Å²) in [6.07, 6.45) is 0.840. The van der Waals surface area contributed by atoms with Crippen molar-refractivity contribution in [1.82, 2.24) is 9.80 Å². The number of hydrogen-bond acceptors (Lipinski definition) is 5. The van der Waals surface area contributed by atoms with Gasteiger partial charge in [-0.2, -0.15) is 5.26 Å². The highest BCUT2D eigenvalue weighted by atomic mass is 16.6. The maximum absolute atomic E-state index is 13.4. The average Bonchev–Trinajstić information content (AvgIpc) is 3.12. The third-order valence-electron chi connectivity index (χ3n) is 7.95. The van der Waals surface area contributed by atoms with Crippen LogP contribution in [-0.4, -0.2) is 45.6 Å². The first-order chi connectivity index (χ1) is 17.9. The van der Waals surface area contributed by atoms with Gasteiger partial charge in [-0.3, -0.25) is 9.69 Å². The Balaban J connectivity index is 1.42. The van der Waals surface area contributed by atoms with Gasteiger partial charge >= 0.3 is 6.09 Å². The number of benzene rings is 3. The van der Waals surface area contributed by atoms with Gasteiger partial charge in [-0.1, -0.05) is 60.7 Å².